The van der Waals surface area contributed by atoms with Crippen molar-refractivity contribution in [2.24, 2.45) is 57.0 Å². The second-order valence-electron chi connectivity index (χ2n) is 31.4. The first-order valence-corrected chi connectivity index (χ1v) is 38.7. The van der Waals surface area contributed by atoms with Crippen LogP contribution in [0.3, 0.4) is 0 Å². The molecule has 0 radical (unpaired) electrons. The number of fused-ring (bicyclic) bond motifs is 15. The standard InChI is InChI=1S/4C20H31NO3.C19H29NO3/c4*1-20(2,3)11-14-12-21-7-6-13-8-18(23-4)19(24-5)9-15(13)16(21)10-17(14)22;1-12(2)7-14-11-20-6-5-13-8-18(22-3)19(23-4)9-15(13)16(20)10-17(14)21/h4*8-9,14,16-17,22H,6-7,10-12H2,1-5H3;8-9,12,14,16-17,21H,5-7,10-11H2,1-4H3/i2*1D3,2D3,5D3,10D2,11D2,14D,17D;2*1D3,2D3,10D2,11D2,14D,17D;4D3,10D2,14D,17D. The van der Waals surface area contributed by atoms with E-state index in [1.165, 1.54) is 112 Å². The van der Waals surface area contributed by atoms with Gasteiger partial charge < -0.3 is 72.9 Å². The van der Waals surface area contributed by atoms with E-state index in [2.05, 4.69) is 0 Å². The third kappa shape index (κ3) is 22.8. The van der Waals surface area contributed by atoms with Gasteiger partial charge in [0.2, 0.25) is 0 Å². The Kier molecular flexibility index (Phi) is 13.9. The van der Waals surface area contributed by atoms with E-state index < -0.39 is 271 Å². The summed E-state index contributed by atoms with van der Waals surface area (Å²) in [6, 6.07) is 7.84. The number of methoxy groups -OCH3 is 10. The van der Waals surface area contributed by atoms with Gasteiger partial charge in [0, 0.05) is 160 Å². The van der Waals surface area contributed by atoms with E-state index in [9.17, 15) is 25.5 Å². The van der Waals surface area contributed by atoms with Crippen LogP contribution in [0.2, 0.25) is 0 Å². The van der Waals surface area contributed by atoms with Crippen LogP contribution in [-0.2, 0) is 32.1 Å². The van der Waals surface area contributed by atoms with Crippen LogP contribution in [0.5, 0.6) is 57.5 Å². The van der Waals surface area contributed by atoms with Crippen LogP contribution >= 0.6 is 0 Å². The zero-order chi connectivity index (χ0) is 139. The van der Waals surface area contributed by atoms with Gasteiger partial charge in [0.15, 0.2) is 57.5 Å². The van der Waals surface area contributed by atoms with E-state index in [1.807, 2.05) is 13.8 Å². The summed E-state index contributed by atoms with van der Waals surface area (Å²) in [4.78, 5) is 6.98. The van der Waals surface area contributed by atoms with Crippen LogP contribution in [0.25, 0.3) is 0 Å². The fourth-order valence-electron chi connectivity index (χ4n) is 16.2. The maximum atomic E-state index is 11.4. The van der Waals surface area contributed by atoms with Gasteiger partial charge in [0.25, 0.3) is 0 Å². The highest BCUT2D eigenvalue weighted by Gasteiger charge is 2.46. The van der Waals surface area contributed by atoms with Crippen molar-refractivity contribution in [2.75, 3.05) is 136 Å². The summed E-state index contributed by atoms with van der Waals surface area (Å²) >= 11 is 0. The van der Waals surface area contributed by atoms with Crippen LogP contribution in [0.15, 0.2) is 60.7 Å². The molecule has 10 heterocycles. The van der Waals surface area contributed by atoms with Gasteiger partial charge in [-0.25, -0.2) is 0 Å². The molecule has 15 rings (SSSR count). The SMILES string of the molecule is [2H]C([2H])([2H])C(C)(C([2H])([2H])[2H])C([2H])([2H])C1([2H])CN2CCc3cc(OC)c(OC)cc3C2C([2H])([2H])C1([2H])O.[2H]C([2H])([2H])C(C)(C([2H])([2H])[2H])C([2H])([2H])C1([2H])CN2CCc3cc(OC)c(OC)cc3C2C([2H])([2H])C1([2H])O.[2H]C([2H])([2H])Oc1cc2c(cc1OC)CCN1CC([2H])(C([2H])([2H])C(C)(C([2H])([2H])[2H])C([2H])([2H])[2H])C([2H])(O)C([2H])([2H])C21.[2H]C([2H])([2H])Oc1cc2c(cc1OC)CCN1CC([2H])(C([2H])([2H])C(C)(C([2H])([2H])[2H])C([2H])([2H])[2H])C([2H])(O)C([2H])([2H])C21.[2H]C([2H])([2H])Oc1cc2c(cc1OC)CCN1CC([2H])(CC(C)C)C([2H])(O)C([2H])([2H])C21. The van der Waals surface area contributed by atoms with Gasteiger partial charge in [0.05, 0.1) is 120 Å². The van der Waals surface area contributed by atoms with Gasteiger partial charge in [-0.15, -0.1) is 0 Å². The van der Waals surface area contributed by atoms with Gasteiger partial charge in [-0.05, 0) is 269 Å². The van der Waals surface area contributed by atoms with E-state index in [1.54, 1.807) is 23.1 Å². The van der Waals surface area contributed by atoms with Crippen LogP contribution in [0.1, 0.15) is 330 Å². The molecule has 5 fully saturated rings. The maximum absolute atomic E-state index is 11.4. The van der Waals surface area contributed by atoms with Crippen molar-refractivity contribution >= 4 is 0 Å². The Morgan fingerprint density at radius 1 is 0.328 bits per heavy atom. The lowest BCUT2D eigenvalue weighted by atomic mass is 9.75. The molecule has 664 valence electrons. The second kappa shape index (κ2) is 39.7. The molecule has 15 atom stereocenters. The molecule has 5 aromatic rings. The third-order valence-electron chi connectivity index (χ3n) is 21.5. The molecule has 5 saturated heterocycles. The number of hydrogen-bond acceptors (Lipinski definition) is 20. The maximum Gasteiger partial charge on any atom is 0.161 e. The molecule has 10 aliphatic heterocycles. The van der Waals surface area contributed by atoms with Crippen molar-refractivity contribution in [3.05, 3.63) is 116 Å². The molecular formula is C99H153N5O15. The summed E-state index contributed by atoms with van der Waals surface area (Å²) in [6.45, 7) is -24.7. The van der Waals surface area contributed by atoms with E-state index in [0.717, 1.165) is 5.56 Å². The average Bonchev–Trinajstić information content (AvgIpc) is 0.675. The van der Waals surface area contributed by atoms with E-state index in [-0.39, 0.29) is 115 Å². The third-order valence-corrected chi connectivity index (χ3v) is 21.5. The molecule has 0 aliphatic carbocycles. The van der Waals surface area contributed by atoms with E-state index in [4.69, 9.17) is 131 Å². The number of hydrogen-bond donors (Lipinski definition) is 5. The number of ether oxygens (including phenoxy) is 10. The molecule has 5 N–H and O–H groups in total. The zero-order valence-electron chi connectivity index (χ0n) is 130. The number of benzene rings is 5. The lowest BCUT2D eigenvalue weighted by Crippen LogP contribution is -2.48. The summed E-state index contributed by atoms with van der Waals surface area (Å²) in [6.07, 6.45) is -45.0. The summed E-state index contributed by atoms with van der Waals surface area (Å²) in [5.74, 6) is -13.8. The van der Waals surface area contributed by atoms with Gasteiger partial charge >= 0.3 is 0 Å². The Morgan fingerprint density at radius 2 is 0.513 bits per heavy atom. The molecule has 0 spiro atoms. The minimum Gasteiger partial charge on any atom is -0.493 e. The van der Waals surface area contributed by atoms with Crippen molar-refractivity contribution in [1.29, 1.82) is 0 Å². The molecule has 0 amide bonds. The fourth-order valence-corrected chi connectivity index (χ4v) is 16.2. The summed E-state index contributed by atoms with van der Waals surface area (Å²) < 4.78 is 554. The van der Waals surface area contributed by atoms with Crippen molar-refractivity contribution in [3.63, 3.8) is 0 Å². The Morgan fingerprint density at radius 3 is 0.697 bits per heavy atom. The lowest BCUT2D eigenvalue weighted by Gasteiger charge is -2.47. The normalized spacial score (nSPS) is 44.9. The van der Waals surface area contributed by atoms with Gasteiger partial charge in [-0.3, -0.25) is 24.5 Å². The molecule has 20 nitrogen and oxygen atoms in total. The number of nitrogens with zero attached hydrogens (tertiary/aromatic N) is 5. The smallest absolute Gasteiger partial charge is 0.161 e. The molecule has 119 heavy (non-hydrogen) atoms. The second-order valence-corrected chi connectivity index (χ2v) is 31.4. The predicted octanol–water partition coefficient (Wildman–Crippen LogP) is 16.7. The predicted molar refractivity (Wildman–Crippen MR) is 474 cm³/mol. The highest BCUT2D eigenvalue weighted by molar-refractivity contribution is 5.54. The Labute approximate surface area is 800 Å². The van der Waals surface area contributed by atoms with E-state index >= 15 is 0 Å². The molecule has 20 heteroatoms. The Hall–Kier alpha value is -6.30. The van der Waals surface area contributed by atoms with Gasteiger partial charge in [0.1, 0.15) is 0 Å². The highest BCUT2D eigenvalue weighted by atomic mass is 16.5. The topological polar surface area (TPSA) is 210 Å². The molecule has 0 aromatic heterocycles. The number of piperidine rings is 5. The van der Waals surface area contributed by atoms with Crippen LogP contribution in [-0.4, -0.2) is 217 Å². The first-order chi connectivity index (χ1) is 80.2. The lowest BCUT2D eigenvalue weighted by molar-refractivity contribution is -0.0259. The molecule has 10 aliphatic rings. The summed E-state index contributed by atoms with van der Waals surface area (Å²) in [7, 11) is 1.06. The van der Waals surface area contributed by atoms with Crippen LogP contribution < -0.4 is 47.4 Å². The van der Waals surface area contributed by atoms with Crippen LogP contribution in [0, 0.1) is 57.0 Å². The quantitative estimate of drug-likeness (QED) is 0.0622. The monoisotopic (exact) mass is 1710 g/mol. The van der Waals surface area contributed by atoms with Gasteiger partial charge in [-0.2, -0.15) is 0 Å². The molecular weight excluding hydrogens is 1500 g/mol. The Bertz CT molecular complexity index is 6550. The van der Waals surface area contributed by atoms with Crippen molar-refractivity contribution in [1.82, 2.24) is 24.5 Å². The van der Waals surface area contributed by atoms with Crippen LogP contribution in [0.4, 0.5) is 0 Å². The zero-order valence-corrected chi connectivity index (χ0v) is 69.1. The van der Waals surface area contributed by atoms with Crippen molar-refractivity contribution in [3.8, 4) is 57.5 Å². The summed E-state index contributed by atoms with van der Waals surface area (Å²) in [5.41, 5.74) is -8.73. The summed E-state index contributed by atoms with van der Waals surface area (Å²) in [5, 5.41) is 56.5. The Balaban J connectivity index is 0.000000209. The first-order valence-electron chi connectivity index (χ1n) is 69.2. The van der Waals surface area contributed by atoms with Crippen molar-refractivity contribution < 1.29 is 157 Å². The van der Waals surface area contributed by atoms with Crippen molar-refractivity contribution in [2.45, 2.75) is 253 Å². The van der Waals surface area contributed by atoms with E-state index in [0.29, 0.717) is 104 Å². The first kappa shape index (κ1) is 41.7. The molecule has 5 aromatic carbocycles. The fraction of sp³-hybridized carbons (Fsp3) is 0.697. The minimum atomic E-state index is -3.69. The highest BCUT2D eigenvalue weighted by Crippen LogP contribution is 2.52. The average molecular weight is 1710 g/mol. The molecule has 0 saturated carbocycles. The van der Waals surface area contributed by atoms with Gasteiger partial charge in [-0.1, -0.05) is 96.4 Å². The largest absolute Gasteiger partial charge is 0.493 e. The molecule has 15 unspecified atom stereocenters. The minimum absolute atomic E-state index is 0.00681. The number of aliphatic hydroxyl groups is 5. The number of rotatable bonds is 16. The molecule has 0 bridgehead atoms.